The summed E-state index contributed by atoms with van der Waals surface area (Å²) in [5.74, 6) is -0.256. The molecule has 0 unspecified atom stereocenters. The number of hydrogen-bond donors (Lipinski definition) is 2. The van der Waals surface area contributed by atoms with Crippen LogP contribution in [0.3, 0.4) is 0 Å². The van der Waals surface area contributed by atoms with Gasteiger partial charge in [-0.05, 0) is 56.2 Å². The molecular formula is C32H52N10O5S2. The van der Waals surface area contributed by atoms with Gasteiger partial charge in [0.05, 0.1) is 13.1 Å². The SMILES string of the molecule is CCCN(CCC)N[C@H]1CC[C@H](NCc2ccc(C(=O)N(Cc3nccn3S(=O)(=O)N(C)C)Cc3nccn3S(=O)(=O)N(C)C)cc2)CC1. The summed E-state index contributed by atoms with van der Waals surface area (Å²) in [5, 5.41) is 6.03. The number of imidazole rings is 2. The molecule has 0 aliphatic heterocycles. The van der Waals surface area contributed by atoms with Gasteiger partial charge in [0.1, 0.15) is 11.6 Å². The van der Waals surface area contributed by atoms with Crippen molar-refractivity contribution in [2.75, 3.05) is 41.3 Å². The molecule has 2 heterocycles. The zero-order valence-electron chi connectivity index (χ0n) is 29.5. The molecule has 1 fully saturated rings. The molecule has 2 N–H and O–H groups in total. The van der Waals surface area contributed by atoms with Gasteiger partial charge in [-0.25, -0.2) is 22.9 Å². The number of rotatable bonds is 18. The topological polar surface area (TPSA) is 158 Å². The van der Waals surface area contributed by atoms with Crippen LogP contribution in [0.4, 0.5) is 0 Å². The van der Waals surface area contributed by atoms with E-state index in [-0.39, 0.29) is 24.7 Å². The molecule has 0 bridgehead atoms. The highest BCUT2D eigenvalue weighted by molar-refractivity contribution is 7.87. The van der Waals surface area contributed by atoms with Crippen LogP contribution in [0.15, 0.2) is 49.1 Å². The van der Waals surface area contributed by atoms with Gasteiger partial charge in [-0.15, -0.1) is 0 Å². The maximum atomic E-state index is 14.0. The van der Waals surface area contributed by atoms with Crippen LogP contribution in [-0.4, -0.2) is 113 Å². The second kappa shape index (κ2) is 17.2. The van der Waals surface area contributed by atoms with Gasteiger partial charge >= 0.3 is 20.4 Å². The van der Waals surface area contributed by atoms with Crippen LogP contribution >= 0.6 is 0 Å². The molecule has 0 atom stereocenters. The third-order valence-corrected chi connectivity index (χ3v) is 12.1. The van der Waals surface area contributed by atoms with Gasteiger partial charge in [-0.3, -0.25) is 10.2 Å². The Morgan fingerprint density at radius 3 is 1.69 bits per heavy atom. The first-order valence-electron chi connectivity index (χ1n) is 16.8. The molecule has 4 rings (SSSR count). The number of hydrogen-bond acceptors (Lipinski definition) is 10. The third kappa shape index (κ3) is 9.74. The Balaban J connectivity index is 1.46. The van der Waals surface area contributed by atoms with Crippen molar-refractivity contribution in [2.45, 2.75) is 84.1 Å². The third-order valence-electron chi connectivity index (χ3n) is 8.61. The fourth-order valence-electron chi connectivity index (χ4n) is 5.86. The minimum absolute atomic E-state index is 0.0878. The summed E-state index contributed by atoms with van der Waals surface area (Å²) in [5.41, 5.74) is 5.12. The van der Waals surface area contributed by atoms with Gasteiger partial charge in [0.25, 0.3) is 5.91 Å². The highest BCUT2D eigenvalue weighted by Crippen LogP contribution is 2.21. The Kier molecular flexibility index (Phi) is 13.5. The fraction of sp³-hybridized carbons (Fsp3) is 0.594. The van der Waals surface area contributed by atoms with Crippen LogP contribution in [0, 0.1) is 0 Å². The van der Waals surface area contributed by atoms with Crippen molar-refractivity contribution in [1.29, 1.82) is 0 Å². The first-order chi connectivity index (χ1) is 23.3. The maximum Gasteiger partial charge on any atom is 0.308 e. The molecule has 1 aliphatic rings. The average Bonchev–Trinajstić information content (AvgIpc) is 3.75. The molecule has 49 heavy (non-hydrogen) atoms. The smallest absolute Gasteiger partial charge is 0.308 e. The number of carbonyl (C=O) groups is 1. The molecule has 0 spiro atoms. The van der Waals surface area contributed by atoms with Crippen molar-refractivity contribution >= 4 is 26.3 Å². The lowest BCUT2D eigenvalue weighted by atomic mass is 9.91. The maximum absolute atomic E-state index is 14.0. The Bertz CT molecular complexity index is 1630. The van der Waals surface area contributed by atoms with Gasteiger partial charge < -0.3 is 10.2 Å². The van der Waals surface area contributed by atoms with Crippen molar-refractivity contribution in [2.24, 2.45) is 0 Å². The minimum atomic E-state index is -3.93. The van der Waals surface area contributed by atoms with Crippen molar-refractivity contribution in [3.63, 3.8) is 0 Å². The predicted octanol–water partition coefficient (Wildman–Crippen LogP) is 2.26. The fourth-order valence-corrected chi connectivity index (χ4v) is 7.72. The number of carbonyl (C=O) groups excluding carboxylic acids is 1. The van der Waals surface area contributed by atoms with E-state index in [0.717, 1.165) is 73.7 Å². The monoisotopic (exact) mass is 720 g/mol. The lowest BCUT2D eigenvalue weighted by Crippen LogP contribution is -2.48. The van der Waals surface area contributed by atoms with E-state index in [1.807, 2.05) is 12.1 Å². The van der Waals surface area contributed by atoms with E-state index in [9.17, 15) is 21.6 Å². The summed E-state index contributed by atoms with van der Waals surface area (Å²) in [4.78, 5) is 23.8. The average molecular weight is 721 g/mol. The molecule has 1 amide bonds. The Labute approximate surface area is 291 Å². The summed E-state index contributed by atoms with van der Waals surface area (Å²) in [7, 11) is -2.24. The van der Waals surface area contributed by atoms with E-state index in [1.165, 1.54) is 57.9 Å². The van der Waals surface area contributed by atoms with Crippen molar-refractivity contribution < 1.29 is 21.6 Å². The van der Waals surface area contributed by atoms with Crippen LogP contribution in [0.5, 0.6) is 0 Å². The molecule has 1 aliphatic carbocycles. The zero-order chi connectivity index (χ0) is 35.8. The molecule has 1 saturated carbocycles. The van der Waals surface area contributed by atoms with Gasteiger partial charge in [0, 0.05) is 90.3 Å². The largest absolute Gasteiger partial charge is 0.324 e. The van der Waals surface area contributed by atoms with E-state index in [1.54, 1.807) is 12.1 Å². The Morgan fingerprint density at radius 2 is 1.24 bits per heavy atom. The molecule has 15 nitrogen and oxygen atoms in total. The molecular weight excluding hydrogens is 669 g/mol. The lowest BCUT2D eigenvalue weighted by Gasteiger charge is -2.34. The van der Waals surface area contributed by atoms with E-state index in [4.69, 9.17) is 0 Å². The summed E-state index contributed by atoms with van der Waals surface area (Å²) in [6.07, 6.45) is 12.0. The normalized spacial score (nSPS) is 17.3. The molecule has 3 aromatic rings. The number of nitrogens with zero attached hydrogens (tertiary/aromatic N) is 8. The number of nitrogens with one attached hydrogen (secondary N) is 2. The van der Waals surface area contributed by atoms with Gasteiger partial charge in [0.15, 0.2) is 0 Å². The quantitative estimate of drug-likeness (QED) is 0.187. The highest BCUT2D eigenvalue weighted by Gasteiger charge is 2.28. The summed E-state index contributed by atoms with van der Waals surface area (Å²) in [6, 6.07) is 8.18. The summed E-state index contributed by atoms with van der Waals surface area (Å²) >= 11 is 0. The molecule has 2 aromatic heterocycles. The first kappa shape index (κ1) is 38.6. The number of aromatic nitrogens is 4. The van der Waals surface area contributed by atoms with Crippen LogP contribution in [0.1, 0.15) is 79.9 Å². The molecule has 0 saturated heterocycles. The Hall–Kier alpha value is -3.19. The van der Waals surface area contributed by atoms with Crippen LogP contribution in [0.2, 0.25) is 0 Å². The van der Waals surface area contributed by atoms with Crippen LogP contribution in [0.25, 0.3) is 0 Å². The second-order valence-corrected chi connectivity index (χ2v) is 16.8. The van der Waals surface area contributed by atoms with Crippen LogP contribution < -0.4 is 10.7 Å². The Morgan fingerprint density at radius 1 is 0.776 bits per heavy atom. The molecule has 272 valence electrons. The standard InChI is InChI=1S/C32H52N10O5S2/c1-7-19-40(20-8-2)36-29-15-13-28(14-16-29)35-23-26-9-11-27(12-10-26)32(43)39(24-30-33-17-21-41(30)48(44,45)37(3)4)25-31-34-18-22-42(31)49(46,47)38(5)6/h9-12,17-18,21-22,28-29,35-36H,7-8,13-16,19-20,23-25H2,1-6H3/t28-,29-. The minimum Gasteiger partial charge on any atom is -0.324 e. The zero-order valence-corrected chi connectivity index (χ0v) is 31.1. The molecule has 1 aromatic carbocycles. The summed E-state index contributed by atoms with van der Waals surface area (Å²) < 4.78 is 56.0. The van der Waals surface area contributed by atoms with Crippen molar-refractivity contribution in [3.05, 3.63) is 71.8 Å². The highest BCUT2D eigenvalue weighted by atomic mass is 32.2. The van der Waals surface area contributed by atoms with Crippen LogP contribution in [-0.2, 0) is 40.1 Å². The lowest BCUT2D eigenvalue weighted by molar-refractivity contribution is 0.0720. The number of benzene rings is 1. The van der Waals surface area contributed by atoms with E-state index in [2.05, 4.69) is 39.6 Å². The number of amides is 1. The summed E-state index contributed by atoms with van der Waals surface area (Å²) in [6.45, 7) is 6.77. The van der Waals surface area contributed by atoms with Gasteiger partial charge in [-0.1, -0.05) is 26.0 Å². The second-order valence-electron chi connectivity index (χ2n) is 12.8. The van der Waals surface area contributed by atoms with E-state index < -0.39 is 26.3 Å². The predicted molar refractivity (Wildman–Crippen MR) is 189 cm³/mol. The van der Waals surface area contributed by atoms with Gasteiger partial charge in [-0.2, -0.15) is 25.4 Å². The van der Waals surface area contributed by atoms with Crippen molar-refractivity contribution in [3.8, 4) is 0 Å². The van der Waals surface area contributed by atoms with Gasteiger partial charge in [0.2, 0.25) is 0 Å². The molecule has 0 radical (unpaired) electrons. The van der Waals surface area contributed by atoms with E-state index in [0.29, 0.717) is 24.2 Å². The molecule has 17 heteroatoms. The first-order valence-corrected chi connectivity index (χ1v) is 19.6. The van der Waals surface area contributed by atoms with Crippen molar-refractivity contribution in [1.82, 2.24) is 47.2 Å². The number of hydrazine groups is 1. The van der Waals surface area contributed by atoms with E-state index >= 15 is 0 Å².